The van der Waals surface area contributed by atoms with Crippen LogP contribution in [0.5, 0.6) is 0 Å². The van der Waals surface area contributed by atoms with Gasteiger partial charge in [-0.1, -0.05) is 17.7 Å². The number of ether oxygens (including phenoxy) is 1. The van der Waals surface area contributed by atoms with Gasteiger partial charge in [0.1, 0.15) is 5.82 Å². The van der Waals surface area contributed by atoms with Crippen LogP contribution in [0.15, 0.2) is 18.2 Å². The molecule has 0 saturated carbocycles. The van der Waals surface area contributed by atoms with Gasteiger partial charge < -0.3 is 10.1 Å². The van der Waals surface area contributed by atoms with Gasteiger partial charge in [-0.15, -0.1) is 0 Å². The molecule has 1 heterocycles. The maximum atomic E-state index is 13.3. The van der Waals surface area contributed by atoms with E-state index in [2.05, 4.69) is 19.2 Å². The molecule has 1 saturated heterocycles. The normalized spacial score (nSPS) is 23.0. The van der Waals surface area contributed by atoms with Crippen LogP contribution in [-0.2, 0) is 11.3 Å². The first-order chi connectivity index (χ1) is 8.46. The largest absolute Gasteiger partial charge is 0.375 e. The van der Waals surface area contributed by atoms with E-state index in [1.54, 1.807) is 6.07 Å². The topological polar surface area (TPSA) is 21.3 Å². The number of nitrogens with one attached hydrogen (secondary N) is 1. The fraction of sp³-hybridized carbons (Fsp3) is 0.571. The van der Waals surface area contributed by atoms with Crippen molar-refractivity contribution in [1.82, 2.24) is 5.32 Å². The Morgan fingerprint density at radius 1 is 1.50 bits per heavy atom. The lowest BCUT2D eigenvalue weighted by Crippen LogP contribution is -2.43. The zero-order chi connectivity index (χ0) is 13.2. The van der Waals surface area contributed by atoms with Crippen LogP contribution in [0.2, 0.25) is 5.02 Å². The van der Waals surface area contributed by atoms with Crippen LogP contribution in [0.25, 0.3) is 0 Å². The minimum atomic E-state index is -0.358. The van der Waals surface area contributed by atoms with Crippen LogP contribution in [0.4, 0.5) is 4.39 Å². The molecule has 0 spiro atoms. The number of benzene rings is 1. The fourth-order valence-electron chi connectivity index (χ4n) is 2.32. The van der Waals surface area contributed by atoms with Crippen molar-refractivity contribution >= 4 is 11.6 Å². The standard InChI is InChI=1S/C14H19ClFNO/c1-14(2)8-11(5-6-18-14)17-9-10-3-4-12(15)13(16)7-10/h3-4,7,11,17H,5-6,8-9H2,1-2H3. The van der Waals surface area contributed by atoms with Gasteiger partial charge in [0.25, 0.3) is 0 Å². The van der Waals surface area contributed by atoms with Gasteiger partial charge in [-0.3, -0.25) is 0 Å². The molecule has 0 radical (unpaired) electrons. The third kappa shape index (κ3) is 3.67. The molecule has 4 heteroatoms. The molecule has 1 atom stereocenters. The van der Waals surface area contributed by atoms with Crippen LogP contribution in [-0.4, -0.2) is 18.2 Å². The van der Waals surface area contributed by atoms with Crippen LogP contribution < -0.4 is 5.32 Å². The minimum absolute atomic E-state index is 0.0683. The van der Waals surface area contributed by atoms with E-state index in [0.29, 0.717) is 12.6 Å². The van der Waals surface area contributed by atoms with Crippen LogP contribution >= 0.6 is 11.6 Å². The lowest BCUT2D eigenvalue weighted by Gasteiger charge is -2.36. The van der Waals surface area contributed by atoms with E-state index in [4.69, 9.17) is 16.3 Å². The molecule has 1 aromatic rings. The van der Waals surface area contributed by atoms with Gasteiger partial charge in [0, 0.05) is 19.2 Å². The number of hydrogen-bond acceptors (Lipinski definition) is 2. The molecule has 18 heavy (non-hydrogen) atoms. The molecule has 0 aliphatic carbocycles. The summed E-state index contributed by atoms with van der Waals surface area (Å²) < 4.78 is 19.0. The minimum Gasteiger partial charge on any atom is -0.375 e. The Labute approximate surface area is 112 Å². The van der Waals surface area contributed by atoms with Crippen molar-refractivity contribution < 1.29 is 9.13 Å². The quantitative estimate of drug-likeness (QED) is 0.908. The first-order valence-corrected chi connectivity index (χ1v) is 6.65. The summed E-state index contributed by atoms with van der Waals surface area (Å²) in [5.41, 5.74) is 0.849. The molecule has 2 rings (SSSR count). The number of rotatable bonds is 3. The van der Waals surface area contributed by atoms with Crippen molar-refractivity contribution in [2.45, 2.75) is 44.9 Å². The van der Waals surface area contributed by atoms with E-state index in [1.807, 2.05) is 6.07 Å². The van der Waals surface area contributed by atoms with Gasteiger partial charge in [-0.05, 0) is 44.4 Å². The van der Waals surface area contributed by atoms with Crippen molar-refractivity contribution in [1.29, 1.82) is 0 Å². The van der Waals surface area contributed by atoms with Crippen molar-refractivity contribution in [3.63, 3.8) is 0 Å². The van der Waals surface area contributed by atoms with Crippen molar-refractivity contribution in [3.8, 4) is 0 Å². The highest BCUT2D eigenvalue weighted by molar-refractivity contribution is 6.30. The van der Waals surface area contributed by atoms with Crippen molar-refractivity contribution in [3.05, 3.63) is 34.6 Å². The Morgan fingerprint density at radius 3 is 2.94 bits per heavy atom. The summed E-state index contributed by atoms with van der Waals surface area (Å²) in [5.74, 6) is -0.358. The Kier molecular flexibility index (Phi) is 4.25. The summed E-state index contributed by atoms with van der Waals surface area (Å²) in [6.07, 6.45) is 1.97. The molecule has 2 nitrogen and oxygen atoms in total. The fourth-order valence-corrected chi connectivity index (χ4v) is 2.44. The summed E-state index contributed by atoms with van der Waals surface area (Å²) >= 11 is 5.65. The summed E-state index contributed by atoms with van der Waals surface area (Å²) in [7, 11) is 0. The SMILES string of the molecule is CC1(C)CC(NCc2ccc(Cl)c(F)c2)CCO1. The van der Waals surface area contributed by atoms with E-state index in [-0.39, 0.29) is 16.4 Å². The van der Waals surface area contributed by atoms with Crippen LogP contribution in [0, 0.1) is 5.82 Å². The predicted molar refractivity (Wildman–Crippen MR) is 71.3 cm³/mol. The summed E-state index contributed by atoms with van der Waals surface area (Å²) in [5, 5.41) is 3.62. The van der Waals surface area contributed by atoms with E-state index >= 15 is 0 Å². The second-order valence-corrected chi connectivity index (χ2v) is 5.83. The van der Waals surface area contributed by atoms with Gasteiger partial charge in [0.2, 0.25) is 0 Å². The maximum Gasteiger partial charge on any atom is 0.142 e. The van der Waals surface area contributed by atoms with Crippen LogP contribution in [0.3, 0.4) is 0 Å². The molecule has 0 aromatic heterocycles. The molecule has 0 amide bonds. The van der Waals surface area contributed by atoms with E-state index in [1.165, 1.54) is 6.07 Å². The first-order valence-electron chi connectivity index (χ1n) is 6.27. The molecular formula is C14H19ClFNO. The molecule has 100 valence electrons. The highest BCUT2D eigenvalue weighted by Gasteiger charge is 2.28. The first kappa shape index (κ1) is 13.8. The summed E-state index contributed by atoms with van der Waals surface area (Å²) in [6, 6.07) is 5.36. The van der Waals surface area contributed by atoms with E-state index < -0.39 is 0 Å². The zero-order valence-electron chi connectivity index (χ0n) is 10.8. The monoisotopic (exact) mass is 271 g/mol. The lowest BCUT2D eigenvalue weighted by atomic mass is 9.94. The van der Waals surface area contributed by atoms with Crippen molar-refractivity contribution in [2.24, 2.45) is 0 Å². The Morgan fingerprint density at radius 2 is 2.28 bits per heavy atom. The summed E-state index contributed by atoms with van der Waals surface area (Å²) in [4.78, 5) is 0. The number of halogens is 2. The molecule has 1 fully saturated rings. The second kappa shape index (κ2) is 5.55. The Bertz CT molecular complexity index is 422. The number of hydrogen-bond donors (Lipinski definition) is 1. The molecular weight excluding hydrogens is 253 g/mol. The molecule has 1 N–H and O–H groups in total. The maximum absolute atomic E-state index is 13.3. The second-order valence-electron chi connectivity index (χ2n) is 5.43. The van der Waals surface area contributed by atoms with Gasteiger partial charge >= 0.3 is 0 Å². The van der Waals surface area contributed by atoms with Gasteiger partial charge in [0.15, 0.2) is 0 Å². The van der Waals surface area contributed by atoms with Gasteiger partial charge in [-0.2, -0.15) is 0 Å². The average Bonchev–Trinajstić information content (AvgIpc) is 2.29. The highest BCUT2D eigenvalue weighted by Crippen LogP contribution is 2.24. The molecule has 1 aliphatic heterocycles. The lowest BCUT2D eigenvalue weighted by molar-refractivity contribution is -0.0630. The summed E-state index contributed by atoms with van der Waals surface area (Å²) in [6.45, 7) is 5.64. The molecule has 1 aromatic carbocycles. The van der Waals surface area contributed by atoms with Gasteiger partial charge in [-0.25, -0.2) is 4.39 Å². The zero-order valence-corrected chi connectivity index (χ0v) is 11.6. The molecule has 1 aliphatic rings. The highest BCUT2D eigenvalue weighted by atomic mass is 35.5. The third-order valence-electron chi connectivity index (χ3n) is 3.28. The average molecular weight is 272 g/mol. The Balaban J connectivity index is 1.89. The smallest absolute Gasteiger partial charge is 0.142 e. The molecule has 0 bridgehead atoms. The predicted octanol–water partition coefficient (Wildman–Crippen LogP) is 3.53. The third-order valence-corrected chi connectivity index (χ3v) is 3.58. The van der Waals surface area contributed by atoms with Gasteiger partial charge in [0.05, 0.1) is 10.6 Å². The molecule has 1 unspecified atom stereocenters. The Hall–Kier alpha value is -0.640. The van der Waals surface area contributed by atoms with E-state index in [9.17, 15) is 4.39 Å². The van der Waals surface area contributed by atoms with Crippen LogP contribution in [0.1, 0.15) is 32.3 Å². The van der Waals surface area contributed by atoms with Crippen molar-refractivity contribution in [2.75, 3.05) is 6.61 Å². The van der Waals surface area contributed by atoms with E-state index in [0.717, 1.165) is 25.0 Å².